The molecule has 2 atom stereocenters. The Labute approximate surface area is 117 Å². The number of aliphatic hydroxyl groups excluding tert-OH is 1. The number of halogens is 1. The fraction of sp³-hybridized carbons (Fsp3) is 0.500. The molecule has 0 spiro atoms. The van der Waals surface area contributed by atoms with Crippen LogP contribution < -0.4 is 10.1 Å². The Morgan fingerprint density at radius 2 is 2.15 bits per heavy atom. The minimum absolute atomic E-state index is 0.120. The van der Waals surface area contributed by atoms with E-state index in [1.165, 1.54) is 19.1 Å². The Balaban J connectivity index is 2.49. The first-order chi connectivity index (χ1) is 9.43. The molecule has 0 heterocycles. The molecule has 0 radical (unpaired) electrons. The van der Waals surface area contributed by atoms with Crippen LogP contribution in [0.1, 0.15) is 25.5 Å². The second kappa shape index (κ2) is 7.81. The molecular formula is C14H20FNO4. The Bertz CT molecular complexity index is 451. The zero-order valence-corrected chi connectivity index (χ0v) is 11.9. The molecule has 0 saturated carbocycles. The molecule has 1 aromatic carbocycles. The van der Waals surface area contributed by atoms with Gasteiger partial charge in [0.1, 0.15) is 11.6 Å². The highest BCUT2D eigenvalue weighted by molar-refractivity contribution is 5.77. The van der Waals surface area contributed by atoms with Gasteiger partial charge in [0, 0.05) is 24.8 Å². The van der Waals surface area contributed by atoms with E-state index in [0.717, 1.165) is 6.07 Å². The summed E-state index contributed by atoms with van der Waals surface area (Å²) in [5, 5.41) is 12.0. The summed E-state index contributed by atoms with van der Waals surface area (Å²) in [6, 6.07) is 3.97. The lowest BCUT2D eigenvalue weighted by molar-refractivity contribution is -0.124. The fourth-order valence-electron chi connectivity index (χ4n) is 1.69. The number of methoxy groups -OCH3 is 1. The van der Waals surface area contributed by atoms with Crippen LogP contribution in [0.5, 0.6) is 5.75 Å². The van der Waals surface area contributed by atoms with Crippen molar-refractivity contribution in [3.05, 3.63) is 29.6 Å². The van der Waals surface area contributed by atoms with Crippen LogP contribution in [-0.4, -0.2) is 37.4 Å². The molecule has 1 aromatic rings. The van der Waals surface area contributed by atoms with Crippen molar-refractivity contribution in [2.24, 2.45) is 0 Å². The Morgan fingerprint density at radius 3 is 2.70 bits per heavy atom. The second-order valence-corrected chi connectivity index (χ2v) is 4.57. The third kappa shape index (κ3) is 5.14. The lowest BCUT2D eigenvalue weighted by Gasteiger charge is -2.13. The highest BCUT2D eigenvalue weighted by Gasteiger charge is 2.11. The maximum absolute atomic E-state index is 13.6. The van der Waals surface area contributed by atoms with Gasteiger partial charge in [-0.2, -0.15) is 0 Å². The van der Waals surface area contributed by atoms with Crippen LogP contribution in [0.2, 0.25) is 0 Å². The second-order valence-electron chi connectivity index (χ2n) is 4.57. The average Bonchev–Trinajstić information content (AvgIpc) is 2.36. The molecule has 1 rings (SSSR count). The Morgan fingerprint density at radius 1 is 1.45 bits per heavy atom. The van der Waals surface area contributed by atoms with Crippen LogP contribution in [0.3, 0.4) is 0 Å². The van der Waals surface area contributed by atoms with Crippen LogP contribution in [0.25, 0.3) is 0 Å². The predicted molar refractivity (Wildman–Crippen MR) is 72.0 cm³/mol. The summed E-state index contributed by atoms with van der Waals surface area (Å²) in [6.45, 7) is 3.48. The third-order valence-electron chi connectivity index (χ3n) is 2.62. The monoisotopic (exact) mass is 285 g/mol. The average molecular weight is 285 g/mol. The molecule has 0 aromatic heterocycles. The van der Waals surface area contributed by atoms with Gasteiger partial charge in [-0.05, 0) is 26.0 Å². The molecule has 2 N–H and O–H groups in total. The smallest absolute Gasteiger partial charge is 0.258 e. The van der Waals surface area contributed by atoms with E-state index >= 15 is 0 Å². The zero-order valence-electron chi connectivity index (χ0n) is 11.9. The minimum Gasteiger partial charge on any atom is -0.484 e. The normalized spacial score (nSPS) is 13.7. The summed E-state index contributed by atoms with van der Waals surface area (Å²) >= 11 is 0. The molecule has 5 nitrogen and oxygen atoms in total. The summed E-state index contributed by atoms with van der Waals surface area (Å²) in [4.78, 5) is 11.5. The molecule has 0 fully saturated rings. The van der Waals surface area contributed by atoms with E-state index in [1.54, 1.807) is 14.0 Å². The summed E-state index contributed by atoms with van der Waals surface area (Å²) in [7, 11) is 1.55. The lowest BCUT2D eigenvalue weighted by Crippen LogP contribution is -2.38. The largest absolute Gasteiger partial charge is 0.484 e. The molecule has 112 valence electrons. The van der Waals surface area contributed by atoms with Gasteiger partial charge in [-0.15, -0.1) is 0 Å². The van der Waals surface area contributed by atoms with Crippen molar-refractivity contribution >= 4 is 5.91 Å². The number of hydrogen-bond donors (Lipinski definition) is 2. The number of benzene rings is 1. The third-order valence-corrected chi connectivity index (χ3v) is 2.62. The van der Waals surface area contributed by atoms with Crippen LogP contribution in [-0.2, 0) is 9.53 Å². The van der Waals surface area contributed by atoms with E-state index in [1.807, 2.05) is 0 Å². The quantitative estimate of drug-likeness (QED) is 0.795. The first-order valence-corrected chi connectivity index (χ1v) is 6.32. The standard InChI is InChI=1S/C14H20FNO4/c1-9(7-19-3)16-14(18)8-20-11-4-5-12(10(2)17)13(15)6-11/h4-6,9-10,17H,7-8H2,1-3H3,(H,16,18). The number of carbonyl (C=O) groups is 1. The van der Waals surface area contributed by atoms with Crippen LogP contribution in [0, 0.1) is 5.82 Å². The zero-order chi connectivity index (χ0) is 15.1. The summed E-state index contributed by atoms with van der Waals surface area (Å²) in [5.41, 5.74) is 0.190. The van der Waals surface area contributed by atoms with Crippen molar-refractivity contribution in [3.63, 3.8) is 0 Å². The van der Waals surface area contributed by atoms with Crippen molar-refractivity contribution < 1.29 is 23.8 Å². The number of rotatable bonds is 7. The SMILES string of the molecule is COCC(C)NC(=O)COc1ccc(C(C)O)c(F)c1. The van der Waals surface area contributed by atoms with Gasteiger partial charge in [0.25, 0.3) is 5.91 Å². The van der Waals surface area contributed by atoms with E-state index in [-0.39, 0.29) is 29.9 Å². The number of aliphatic hydroxyl groups is 1. The maximum Gasteiger partial charge on any atom is 0.258 e. The van der Waals surface area contributed by atoms with Crippen LogP contribution in [0.4, 0.5) is 4.39 Å². The first-order valence-electron chi connectivity index (χ1n) is 6.32. The van der Waals surface area contributed by atoms with E-state index in [2.05, 4.69) is 5.32 Å². The summed E-state index contributed by atoms with van der Waals surface area (Å²) in [6.07, 6.45) is -0.887. The topological polar surface area (TPSA) is 67.8 Å². The number of ether oxygens (including phenoxy) is 2. The van der Waals surface area contributed by atoms with E-state index in [4.69, 9.17) is 9.47 Å². The minimum atomic E-state index is -0.887. The van der Waals surface area contributed by atoms with Gasteiger partial charge in [0.15, 0.2) is 6.61 Å². The Kier molecular flexibility index (Phi) is 6.41. The van der Waals surface area contributed by atoms with Crippen molar-refractivity contribution in [1.82, 2.24) is 5.32 Å². The van der Waals surface area contributed by atoms with Gasteiger partial charge in [-0.1, -0.05) is 0 Å². The molecule has 1 amide bonds. The number of carbonyl (C=O) groups excluding carboxylic acids is 1. The van der Waals surface area contributed by atoms with Crippen molar-refractivity contribution in [2.45, 2.75) is 26.0 Å². The van der Waals surface area contributed by atoms with E-state index < -0.39 is 11.9 Å². The molecular weight excluding hydrogens is 265 g/mol. The van der Waals surface area contributed by atoms with Crippen molar-refractivity contribution in [1.29, 1.82) is 0 Å². The van der Waals surface area contributed by atoms with Crippen LogP contribution >= 0.6 is 0 Å². The van der Waals surface area contributed by atoms with Crippen LogP contribution in [0.15, 0.2) is 18.2 Å². The molecule has 6 heteroatoms. The number of hydrogen-bond acceptors (Lipinski definition) is 4. The van der Waals surface area contributed by atoms with Gasteiger partial charge in [-0.25, -0.2) is 4.39 Å². The summed E-state index contributed by atoms with van der Waals surface area (Å²) < 4.78 is 23.7. The van der Waals surface area contributed by atoms with Gasteiger partial charge in [0.05, 0.1) is 12.7 Å². The fourth-order valence-corrected chi connectivity index (χ4v) is 1.69. The maximum atomic E-state index is 13.6. The van der Waals surface area contributed by atoms with E-state index in [0.29, 0.717) is 6.61 Å². The molecule has 2 unspecified atom stereocenters. The first kappa shape index (κ1) is 16.4. The molecule has 0 bridgehead atoms. The molecule has 20 heavy (non-hydrogen) atoms. The molecule has 0 aliphatic heterocycles. The molecule has 0 aliphatic carbocycles. The van der Waals surface area contributed by atoms with Gasteiger partial charge >= 0.3 is 0 Å². The van der Waals surface area contributed by atoms with Crippen molar-refractivity contribution in [3.8, 4) is 5.75 Å². The van der Waals surface area contributed by atoms with Gasteiger partial charge in [0.2, 0.25) is 0 Å². The van der Waals surface area contributed by atoms with Gasteiger partial charge in [-0.3, -0.25) is 4.79 Å². The molecule has 0 aliphatic rings. The number of nitrogens with one attached hydrogen (secondary N) is 1. The lowest BCUT2D eigenvalue weighted by atomic mass is 10.1. The summed E-state index contributed by atoms with van der Waals surface area (Å²) in [5.74, 6) is -0.637. The van der Waals surface area contributed by atoms with Crippen molar-refractivity contribution in [2.75, 3.05) is 20.3 Å². The van der Waals surface area contributed by atoms with Gasteiger partial charge < -0.3 is 19.9 Å². The highest BCUT2D eigenvalue weighted by atomic mass is 19.1. The Hall–Kier alpha value is -1.66. The number of amides is 1. The highest BCUT2D eigenvalue weighted by Crippen LogP contribution is 2.21. The van der Waals surface area contributed by atoms with E-state index in [9.17, 15) is 14.3 Å². The molecule has 0 saturated heterocycles. The predicted octanol–water partition coefficient (Wildman–Crippen LogP) is 1.41.